The first-order chi connectivity index (χ1) is 6.25. The molecule has 0 saturated heterocycles. The van der Waals surface area contributed by atoms with Crippen molar-refractivity contribution < 1.29 is 9.53 Å². The predicted octanol–water partition coefficient (Wildman–Crippen LogP) is 2.77. The molecule has 0 N–H and O–H groups in total. The number of rotatable bonds is 3. The van der Waals surface area contributed by atoms with E-state index in [-0.39, 0.29) is 5.97 Å². The fraction of sp³-hybridized carbons (Fsp3) is 0.750. The molecular weight excluding hydrogens is 176 g/mol. The minimum absolute atomic E-state index is 0.187. The fourth-order valence-electron chi connectivity index (χ4n) is 0.841. The van der Waals surface area contributed by atoms with Crippen molar-refractivity contribution in [2.24, 2.45) is 5.41 Å². The monoisotopic (exact) mass is 196 g/mol. The summed E-state index contributed by atoms with van der Waals surface area (Å²) in [5, 5.41) is 0. The Kier molecular flexibility index (Phi) is 4.19. The predicted molar refractivity (Wildman–Crippen MR) is 57.7 cm³/mol. The quantitative estimate of drug-likeness (QED) is 0.512. The van der Waals surface area contributed by atoms with E-state index in [0.717, 1.165) is 6.42 Å². The molecule has 0 aromatic carbocycles. The van der Waals surface area contributed by atoms with Crippen molar-refractivity contribution in [2.45, 2.75) is 53.6 Å². The van der Waals surface area contributed by atoms with E-state index in [1.54, 1.807) is 20.8 Å². The molecule has 0 radical (unpaired) electrons. The number of carbonyl (C=O) groups excluding carboxylic acids is 1. The molecule has 0 spiro atoms. The van der Waals surface area contributed by atoms with Gasteiger partial charge in [-0.3, -0.25) is 4.79 Å². The van der Waals surface area contributed by atoms with Crippen LogP contribution in [0, 0.1) is 17.3 Å². The topological polar surface area (TPSA) is 26.3 Å². The van der Waals surface area contributed by atoms with Gasteiger partial charge in [0, 0.05) is 0 Å². The Morgan fingerprint density at radius 1 is 1.29 bits per heavy atom. The van der Waals surface area contributed by atoms with Crippen LogP contribution in [0.3, 0.4) is 0 Å². The van der Waals surface area contributed by atoms with Gasteiger partial charge in [-0.25, -0.2) is 0 Å². The van der Waals surface area contributed by atoms with E-state index in [4.69, 9.17) is 4.74 Å². The second-order valence-electron chi connectivity index (χ2n) is 4.51. The van der Waals surface area contributed by atoms with Gasteiger partial charge >= 0.3 is 5.97 Å². The number of hydrogen-bond acceptors (Lipinski definition) is 2. The summed E-state index contributed by atoms with van der Waals surface area (Å²) in [6, 6.07) is 0. The van der Waals surface area contributed by atoms with Gasteiger partial charge in [0.2, 0.25) is 0 Å². The van der Waals surface area contributed by atoms with E-state index in [0.29, 0.717) is 0 Å². The Balaban J connectivity index is 4.52. The molecule has 0 aromatic heterocycles. The lowest BCUT2D eigenvalue weighted by atomic mass is 9.90. The summed E-state index contributed by atoms with van der Waals surface area (Å²) < 4.78 is 5.32. The Bertz CT molecular complexity index is 264. The van der Waals surface area contributed by atoms with Crippen LogP contribution in [-0.4, -0.2) is 11.6 Å². The number of carbonyl (C=O) groups is 1. The molecule has 2 nitrogen and oxygen atoms in total. The third-order valence-electron chi connectivity index (χ3n) is 2.21. The zero-order valence-electron chi connectivity index (χ0n) is 10.0. The van der Waals surface area contributed by atoms with E-state index < -0.39 is 11.0 Å². The smallest absolute Gasteiger partial charge is 0.312 e. The van der Waals surface area contributed by atoms with E-state index in [2.05, 4.69) is 11.8 Å². The highest BCUT2D eigenvalue weighted by molar-refractivity contribution is 5.76. The molecule has 14 heavy (non-hydrogen) atoms. The molecule has 0 atom stereocenters. The molecule has 0 aliphatic heterocycles. The summed E-state index contributed by atoms with van der Waals surface area (Å²) in [4.78, 5) is 11.7. The van der Waals surface area contributed by atoms with Gasteiger partial charge in [-0.05, 0) is 41.0 Å². The van der Waals surface area contributed by atoms with E-state index >= 15 is 0 Å². The Labute approximate surface area is 87.0 Å². The first-order valence-corrected chi connectivity index (χ1v) is 4.92. The summed E-state index contributed by atoms with van der Waals surface area (Å²) in [5.74, 6) is 5.42. The van der Waals surface area contributed by atoms with Crippen LogP contribution in [0.5, 0.6) is 0 Å². The lowest BCUT2D eigenvalue weighted by molar-refractivity contribution is -0.162. The van der Waals surface area contributed by atoms with Gasteiger partial charge in [-0.2, -0.15) is 0 Å². The Hall–Kier alpha value is -0.970. The van der Waals surface area contributed by atoms with Crippen LogP contribution in [0.15, 0.2) is 0 Å². The zero-order valence-corrected chi connectivity index (χ0v) is 10.0. The van der Waals surface area contributed by atoms with Crippen molar-refractivity contribution in [1.29, 1.82) is 0 Å². The van der Waals surface area contributed by atoms with Crippen molar-refractivity contribution in [3.63, 3.8) is 0 Å². The highest BCUT2D eigenvalue weighted by atomic mass is 16.6. The number of hydrogen-bond donors (Lipinski definition) is 0. The van der Waals surface area contributed by atoms with Gasteiger partial charge in [0.1, 0.15) is 0 Å². The summed E-state index contributed by atoms with van der Waals surface area (Å²) in [6.45, 7) is 11.1. The molecule has 0 heterocycles. The van der Waals surface area contributed by atoms with Crippen molar-refractivity contribution in [2.75, 3.05) is 0 Å². The summed E-state index contributed by atoms with van der Waals surface area (Å²) in [6.07, 6.45) is 0.765. The molecule has 0 fully saturated rings. The molecule has 0 bridgehead atoms. The van der Waals surface area contributed by atoms with Crippen LogP contribution in [0.25, 0.3) is 0 Å². The molecule has 0 aliphatic carbocycles. The second-order valence-corrected chi connectivity index (χ2v) is 4.51. The molecule has 2 heteroatoms. The third-order valence-corrected chi connectivity index (χ3v) is 2.21. The van der Waals surface area contributed by atoms with Gasteiger partial charge < -0.3 is 4.74 Å². The molecule has 80 valence electrons. The van der Waals surface area contributed by atoms with E-state index in [1.165, 1.54) is 0 Å². The van der Waals surface area contributed by atoms with Gasteiger partial charge in [-0.1, -0.05) is 12.8 Å². The molecule has 0 rings (SSSR count). The van der Waals surface area contributed by atoms with Crippen molar-refractivity contribution >= 4 is 5.97 Å². The van der Waals surface area contributed by atoms with Gasteiger partial charge in [0.25, 0.3) is 0 Å². The van der Waals surface area contributed by atoms with E-state index in [9.17, 15) is 4.79 Å². The maximum atomic E-state index is 11.7. The lowest BCUT2D eigenvalue weighted by Crippen LogP contribution is -2.34. The molecular formula is C12H20O2. The molecule has 0 saturated carbocycles. The van der Waals surface area contributed by atoms with Gasteiger partial charge in [-0.15, -0.1) is 5.92 Å². The molecule has 0 aliphatic rings. The Morgan fingerprint density at radius 2 is 1.79 bits per heavy atom. The van der Waals surface area contributed by atoms with Crippen molar-refractivity contribution in [3.05, 3.63) is 0 Å². The number of ether oxygens (including phenoxy) is 1. The highest BCUT2D eigenvalue weighted by Gasteiger charge is 2.31. The first-order valence-electron chi connectivity index (χ1n) is 4.92. The van der Waals surface area contributed by atoms with Crippen LogP contribution in [-0.2, 0) is 9.53 Å². The van der Waals surface area contributed by atoms with Crippen molar-refractivity contribution in [1.82, 2.24) is 0 Å². The van der Waals surface area contributed by atoms with Crippen LogP contribution < -0.4 is 0 Å². The maximum absolute atomic E-state index is 11.7. The van der Waals surface area contributed by atoms with Crippen LogP contribution in [0.4, 0.5) is 0 Å². The Morgan fingerprint density at radius 3 is 2.14 bits per heavy atom. The van der Waals surface area contributed by atoms with E-state index in [1.807, 2.05) is 20.8 Å². The molecule has 0 aromatic rings. The summed E-state index contributed by atoms with van der Waals surface area (Å²) >= 11 is 0. The number of esters is 1. The van der Waals surface area contributed by atoms with Gasteiger partial charge in [0.15, 0.2) is 5.60 Å². The zero-order chi connectivity index (χ0) is 11.4. The first kappa shape index (κ1) is 13.0. The van der Waals surface area contributed by atoms with Crippen LogP contribution in [0.1, 0.15) is 48.0 Å². The van der Waals surface area contributed by atoms with Gasteiger partial charge in [0.05, 0.1) is 5.41 Å². The van der Waals surface area contributed by atoms with Crippen LogP contribution in [0.2, 0.25) is 0 Å². The fourth-order valence-corrected chi connectivity index (χ4v) is 0.841. The minimum Gasteiger partial charge on any atom is -0.446 e. The largest absolute Gasteiger partial charge is 0.446 e. The maximum Gasteiger partial charge on any atom is 0.312 e. The average molecular weight is 196 g/mol. The third kappa shape index (κ3) is 3.83. The standard InChI is InChI=1S/C12H20O2/c1-7-9-12(5,6)14-10(13)11(3,4)8-2/h8H2,1-6H3. The second kappa shape index (κ2) is 4.50. The average Bonchev–Trinajstić information content (AvgIpc) is 2.03. The normalized spacial score (nSPS) is 11.6. The lowest BCUT2D eigenvalue weighted by Gasteiger charge is -2.26. The van der Waals surface area contributed by atoms with Crippen molar-refractivity contribution in [3.8, 4) is 11.8 Å². The van der Waals surface area contributed by atoms with Crippen LogP contribution >= 0.6 is 0 Å². The molecule has 0 unspecified atom stereocenters. The molecule has 0 amide bonds. The minimum atomic E-state index is -0.682. The summed E-state index contributed by atoms with van der Waals surface area (Å²) in [7, 11) is 0. The highest BCUT2D eigenvalue weighted by Crippen LogP contribution is 2.24. The summed E-state index contributed by atoms with van der Waals surface area (Å²) in [5.41, 5.74) is -1.11. The SMILES string of the molecule is CC#CC(C)(C)OC(=O)C(C)(C)CC.